The normalized spacial score (nSPS) is 14.4. The Balaban J connectivity index is 1.38. The lowest BCUT2D eigenvalue weighted by molar-refractivity contribution is -0.119. The Morgan fingerprint density at radius 2 is 2.10 bits per heavy atom. The highest BCUT2D eigenvalue weighted by atomic mass is 32.2. The molecule has 3 heterocycles. The smallest absolute Gasteiger partial charge is 0.230 e. The summed E-state index contributed by atoms with van der Waals surface area (Å²) in [5.74, 6) is 2.62. The Morgan fingerprint density at radius 3 is 2.87 bits per heavy atom. The highest BCUT2D eigenvalue weighted by Gasteiger charge is 2.21. The molecule has 1 aromatic carbocycles. The zero-order valence-corrected chi connectivity index (χ0v) is 18.5. The van der Waals surface area contributed by atoms with Crippen molar-refractivity contribution in [1.82, 2.24) is 20.5 Å². The van der Waals surface area contributed by atoms with Crippen molar-refractivity contribution in [3.05, 3.63) is 41.3 Å². The van der Waals surface area contributed by atoms with E-state index in [1.54, 1.807) is 11.3 Å². The van der Waals surface area contributed by atoms with Crippen LogP contribution in [0.1, 0.15) is 31.9 Å². The molecule has 1 amide bonds. The van der Waals surface area contributed by atoms with Gasteiger partial charge in [0.05, 0.1) is 29.9 Å². The molecule has 3 aromatic rings. The van der Waals surface area contributed by atoms with E-state index in [4.69, 9.17) is 9.47 Å². The van der Waals surface area contributed by atoms with Gasteiger partial charge in [-0.2, -0.15) is 0 Å². The minimum Gasteiger partial charge on any atom is -0.490 e. The SMILES string of the molecule is CC(C)[C@@H](NC(=O)CSc1n[nH]c(-c2cccs2)n1)c1ccc2c(c1)OCCCO2. The molecule has 2 N–H and O–H groups in total. The quantitative estimate of drug-likeness (QED) is 0.528. The van der Waals surface area contributed by atoms with Crippen LogP contribution in [-0.4, -0.2) is 40.1 Å². The minimum absolute atomic E-state index is 0.0618. The molecule has 0 unspecified atom stereocenters. The number of H-pyrrole nitrogens is 1. The lowest BCUT2D eigenvalue weighted by Gasteiger charge is -2.23. The van der Waals surface area contributed by atoms with Crippen LogP contribution in [0.25, 0.3) is 10.7 Å². The number of carbonyl (C=O) groups is 1. The molecule has 2 aromatic heterocycles. The first-order valence-electron chi connectivity index (χ1n) is 9.88. The van der Waals surface area contributed by atoms with Gasteiger partial charge in [-0.15, -0.1) is 16.4 Å². The number of nitrogens with zero attached hydrogens (tertiary/aromatic N) is 2. The van der Waals surface area contributed by atoms with Crippen LogP contribution in [0.4, 0.5) is 0 Å². The van der Waals surface area contributed by atoms with Gasteiger partial charge in [-0.25, -0.2) is 4.98 Å². The number of ether oxygens (including phenoxy) is 2. The molecule has 9 heteroatoms. The highest BCUT2D eigenvalue weighted by molar-refractivity contribution is 7.99. The molecule has 1 aliphatic heterocycles. The third-order valence-electron chi connectivity index (χ3n) is 4.67. The Bertz CT molecular complexity index is 988. The van der Waals surface area contributed by atoms with Crippen LogP contribution in [0, 0.1) is 5.92 Å². The molecule has 0 saturated heterocycles. The largest absolute Gasteiger partial charge is 0.490 e. The summed E-state index contributed by atoms with van der Waals surface area (Å²) < 4.78 is 11.5. The van der Waals surface area contributed by atoms with Gasteiger partial charge in [-0.3, -0.25) is 9.89 Å². The molecular formula is C21H24N4O3S2. The first-order chi connectivity index (χ1) is 14.6. The van der Waals surface area contributed by atoms with Crippen molar-refractivity contribution in [1.29, 1.82) is 0 Å². The molecule has 0 radical (unpaired) electrons. The number of hydrogen-bond acceptors (Lipinski definition) is 7. The molecule has 158 valence electrons. The number of amides is 1. The predicted molar refractivity (Wildman–Crippen MR) is 118 cm³/mol. The minimum atomic E-state index is -0.121. The Hall–Kier alpha value is -2.52. The summed E-state index contributed by atoms with van der Waals surface area (Å²) in [7, 11) is 0. The second-order valence-corrected chi connectivity index (χ2v) is 9.17. The van der Waals surface area contributed by atoms with Gasteiger partial charge < -0.3 is 14.8 Å². The molecule has 1 aliphatic rings. The van der Waals surface area contributed by atoms with E-state index in [2.05, 4.69) is 34.3 Å². The van der Waals surface area contributed by atoms with Gasteiger partial charge in [0.2, 0.25) is 11.1 Å². The Labute approximate surface area is 183 Å². The maximum atomic E-state index is 12.6. The fourth-order valence-electron chi connectivity index (χ4n) is 3.19. The summed E-state index contributed by atoms with van der Waals surface area (Å²) in [5, 5.41) is 12.8. The highest BCUT2D eigenvalue weighted by Crippen LogP contribution is 2.34. The van der Waals surface area contributed by atoms with Crippen molar-refractivity contribution in [3.8, 4) is 22.2 Å². The third kappa shape index (κ3) is 4.96. The van der Waals surface area contributed by atoms with E-state index in [9.17, 15) is 4.79 Å². The molecular weight excluding hydrogens is 420 g/mol. The van der Waals surface area contributed by atoms with Gasteiger partial charge in [-0.05, 0) is 35.1 Å². The van der Waals surface area contributed by atoms with Gasteiger partial charge in [0.15, 0.2) is 17.3 Å². The first-order valence-corrected chi connectivity index (χ1v) is 11.7. The van der Waals surface area contributed by atoms with E-state index in [0.717, 1.165) is 34.2 Å². The molecule has 4 rings (SSSR count). The molecule has 0 bridgehead atoms. The fraction of sp³-hybridized carbons (Fsp3) is 0.381. The van der Waals surface area contributed by atoms with Crippen molar-refractivity contribution < 1.29 is 14.3 Å². The number of fused-ring (bicyclic) bond motifs is 1. The van der Waals surface area contributed by atoms with Crippen molar-refractivity contribution in [2.75, 3.05) is 19.0 Å². The third-order valence-corrected chi connectivity index (χ3v) is 6.39. The van der Waals surface area contributed by atoms with Gasteiger partial charge in [0.1, 0.15) is 0 Å². The average molecular weight is 445 g/mol. The van der Waals surface area contributed by atoms with E-state index in [-0.39, 0.29) is 23.6 Å². The van der Waals surface area contributed by atoms with Crippen LogP contribution in [0.5, 0.6) is 11.5 Å². The summed E-state index contributed by atoms with van der Waals surface area (Å²) in [4.78, 5) is 18.1. The average Bonchev–Trinajstić information content (AvgIpc) is 3.38. The molecule has 30 heavy (non-hydrogen) atoms. The maximum absolute atomic E-state index is 12.6. The zero-order chi connectivity index (χ0) is 20.9. The Kier molecular flexibility index (Phi) is 6.59. The van der Waals surface area contributed by atoms with Crippen LogP contribution in [0.2, 0.25) is 0 Å². The second-order valence-electron chi connectivity index (χ2n) is 7.28. The van der Waals surface area contributed by atoms with E-state index in [1.807, 2.05) is 35.7 Å². The maximum Gasteiger partial charge on any atom is 0.230 e. The summed E-state index contributed by atoms with van der Waals surface area (Å²) in [5.41, 5.74) is 1.01. The number of nitrogens with one attached hydrogen (secondary N) is 2. The number of thioether (sulfide) groups is 1. The van der Waals surface area contributed by atoms with Crippen LogP contribution in [-0.2, 0) is 4.79 Å². The van der Waals surface area contributed by atoms with Gasteiger partial charge in [0.25, 0.3) is 0 Å². The van der Waals surface area contributed by atoms with Crippen LogP contribution in [0.15, 0.2) is 40.9 Å². The number of carbonyl (C=O) groups excluding carboxylic acids is 1. The second kappa shape index (κ2) is 9.53. The van der Waals surface area contributed by atoms with Gasteiger partial charge in [0, 0.05) is 6.42 Å². The fourth-order valence-corrected chi connectivity index (χ4v) is 4.46. The summed E-state index contributed by atoms with van der Waals surface area (Å²) >= 11 is 2.91. The van der Waals surface area contributed by atoms with Gasteiger partial charge >= 0.3 is 0 Å². The number of hydrogen-bond donors (Lipinski definition) is 2. The van der Waals surface area contributed by atoms with Crippen LogP contribution >= 0.6 is 23.1 Å². The van der Waals surface area contributed by atoms with Crippen molar-refractivity contribution in [3.63, 3.8) is 0 Å². The number of thiophene rings is 1. The summed E-state index contributed by atoms with van der Waals surface area (Å²) in [6, 6.07) is 9.72. The summed E-state index contributed by atoms with van der Waals surface area (Å²) in [6.07, 6.45) is 0.862. The monoisotopic (exact) mass is 444 g/mol. The zero-order valence-electron chi connectivity index (χ0n) is 16.9. The van der Waals surface area contributed by atoms with E-state index < -0.39 is 0 Å². The number of aromatic amines is 1. The molecule has 0 spiro atoms. The molecule has 0 aliphatic carbocycles. The molecule has 0 fully saturated rings. The predicted octanol–water partition coefficient (Wildman–Crippen LogP) is 4.30. The lowest BCUT2D eigenvalue weighted by atomic mass is 9.95. The van der Waals surface area contributed by atoms with Crippen molar-refractivity contribution in [2.24, 2.45) is 5.92 Å². The lowest BCUT2D eigenvalue weighted by Crippen LogP contribution is -2.33. The number of rotatable bonds is 7. The summed E-state index contributed by atoms with van der Waals surface area (Å²) in [6.45, 7) is 5.46. The number of aromatic nitrogens is 3. The van der Waals surface area contributed by atoms with Gasteiger partial charge in [-0.1, -0.05) is 37.7 Å². The molecule has 1 atom stereocenters. The number of benzene rings is 1. The van der Waals surface area contributed by atoms with Crippen LogP contribution < -0.4 is 14.8 Å². The molecule has 0 saturated carbocycles. The first kappa shape index (κ1) is 20.7. The Morgan fingerprint density at radius 1 is 1.27 bits per heavy atom. The molecule has 7 nitrogen and oxygen atoms in total. The van der Waals surface area contributed by atoms with Crippen molar-refractivity contribution in [2.45, 2.75) is 31.5 Å². The van der Waals surface area contributed by atoms with Crippen molar-refractivity contribution >= 4 is 29.0 Å². The standard InChI is InChI=1S/C21H24N4O3S2/c1-13(2)19(14-6-7-15-16(11-14)28-9-4-8-27-15)22-18(26)12-30-21-23-20(24-25-21)17-5-3-10-29-17/h3,5-7,10-11,13,19H,4,8-9,12H2,1-2H3,(H,22,26)(H,23,24,25)/t19-/m1/s1. The topological polar surface area (TPSA) is 89.1 Å². The van der Waals surface area contributed by atoms with E-state index in [1.165, 1.54) is 11.8 Å². The van der Waals surface area contributed by atoms with E-state index >= 15 is 0 Å². The van der Waals surface area contributed by atoms with E-state index in [0.29, 0.717) is 18.4 Å². The van der Waals surface area contributed by atoms with Crippen LogP contribution in [0.3, 0.4) is 0 Å².